The van der Waals surface area contributed by atoms with Crippen molar-refractivity contribution in [1.29, 1.82) is 0 Å². The van der Waals surface area contributed by atoms with Gasteiger partial charge >= 0.3 is 5.97 Å². The van der Waals surface area contributed by atoms with Crippen LogP contribution < -0.4 is 19.7 Å². The Morgan fingerprint density at radius 1 is 1.07 bits per heavy atom. The van der Waals surface area contributed by atoms with E-state index in [1.807, 2.05) is 12.1 Å². The molecule has 1 aliphatic heterocycles. The summed E-state index contributed by atoms with van der Waals surface area (Å²) in [4.78, 5) is 37.4. The fourth-order valence-electron chi connectivity index (χ4n) is 3.05. The van der Waals surface area contributed by atoms with Gasteiger partial charge in [0, 0.05) is 18.7 Å². The number of esters is 1. The van der Waals surface area contributed by atoms with Gasteiger partial charge in [-0.25, -0.2) is 4.79 Å². The number of methoxy groups -OCH3 is 1. The highest BCUT2D eigenvalue weighted by Gasteiger charge is 2.21. The molecule has 1 aliphatic rings. The molecule has 0 atom stereocenters. The van der Waals surface area contributed by atoms with E-state index in [1.165, 1.54) is 0 Å². The average Bonchev–Trinajstić information content (AvgIpc) is 3.21. The predicted molar refractivity (Wildman–Crippen MR) is 110 cm³/mol. The fraction of sp³-hybridized carbons (Fsp3) is 0.318. The lowest BCUT2D eigenvalue weighted by molar-refractivity contribution is -0.124. The van der Waals surface area contributed by atoms with Gasteiger partial charge in [-0.15, -0.1) is 0 Å². The Morgan fingerprint density at radius 3 is 2.47 bits per heavy atom. The molecule has 0 aliphatic carbocycles. The highest BCUT2D eigenvalue weighted by Crippen LogP contribution is 2.25. The summed E-state index contributed by atoms with van der Waals surface area (Å²) in [5.41, 5.74) is 1.07. The number of hydrogen-bond acceptors (Lipinski definition) is 6. The van der Waals surface area contributed by atoms with Gasteiger partial charge in [-0.2, -0.15) is 0 Å². The van der Waals surface area contributed by atoms with E-state index in [4.69, 9.17) is 14.2 Å². The van der Waals surface area contributed by atoms with Crippen LogP contribution in [0.3, 0.4) is 0 Å². The standard InChI is InChI=1S/C22H24N2O6/c1-28-18-5-2-3-6-19(18)29-14-12-23-20(25)15-30-22(27)16-8-10-17(11-9-16)24-13-4-7-21(24)26/h2-3,5-6,8-11H,4,7,12-15H2,1H3,(H,23,25). The number of amides is 2. The maximum Gasteiger partial charge on any atom is 0.338 e. The Kier molecular flexibility index (Phi) is 7.26. The largest absolute Gasteiger partial charge is 0.493 e. The molecule has 1 N–H and O–H groups in total. The molecule has 0 unspecified atom stereocenters. The van der Waals surface area contributed by atoms with Gasteiger partial charge in [0.1, 0.15) is 6.61 Å². The first-order valence-electron chi connectivity index (χ1n) is 9.68. The molecule has 30 heavy (non-hydrogen) atoms. The summed E-state index contributed by atoms with van der Waals surface area (Å²) in [7, 11) is 1.55. The van der Waals surface area contributed by atoms with Gasteiger partial charge in [0.15, 0.2) is 18.1 Å². The van der Waals surface area contributed by atoms with Crippen LogP contribution in [0.25, 0.3) is 0 Å². The van der Waals surface area contributed by atoms with Crippen LogP contribution in [0.5, 0.6) is 11.5 Å². The van der Waals surface area contributed by atoms with Crippen LogP contribution in [0.2, 0.25) is 0 Å². The van der Waals surface area contributed by atoms with Crippen molar-refractivity contribution < 1.29 is 28.6 Å². The molecule has 8 heteroatoms. The van der Waals surface area contributed by atoms with Gasteiger partial charge in [0.2, 0.25) is 5.91 Å². The van der Waals surface area contributed by atoms with Gasteiger partial charge in [-0.3, -0.25) is 9.59 Å². The van der Waals surface area contributed by atoms with Crippen molar-refractivity contribution in [3.63, 3.8) is 0 Å². The maximum atomic E-state index is 12.1. The molecule has 2 aromatic rings. The van der Waals surface area contributed by atoms with Crippen LogP contribution >= 0.6 is 0 Å². The Bertz CT molecular complexity index is 897. The zero-order chi connectivity index (χ0) is 21.3. The molecule has 2 aromatic carbocycles. The SMILES string of the molecule is COc1ccccc1OCCNC(=O)COC(=O)c1ccc(N2CCCC2=O)cc1. The number of para-hydroxylation sites is 2. The Balaban J connectivity index is 1.38. The van der Waals surface area contributed by atoms with Crippen LogP contribution in [0.4, 0.5) is 5.69 Å². The summed E-state index contributed by atoms with van der Waals surface area (Å²) >= 11 is 0. The molecule has 0 aromatic heterocycles. The molecule has 1 heterocycles. The Labute approximate surface area is 174 Å². The zero-order valence-electron chi connectivity index (χ0n) is 16.8. The number of nitrogens with one attached hydrogen (secondary N) is 1. The lowest BCUT2D eigenvalue weighted by atomic mass is 10.2. The smallest absolute Gasteiger partial charge is 0.338 e. The number of nitrogens with zero attached hydrogens (tertiary/aromatic N) is 1. The van der Waals surface area contributed by atoms with Gasteiger partial charge in [0.25, 0.3) is 5.91 Å². The minimum atomic E-state index is -0.602. The molecule has 158 valence electrons. The highest BCUT2D eigenvalue weighted by atomic mass is 16.5. The number of carbonyl (C=O) groups is 3. The first-order valence-corrected chi connectivity index (χ1v) is 9.68. The minimum Gasteiger partial charge on any atom is -0.493 e. The molecule has 3 rings (SSSR count). The lowest BCUT2D eigenvalue weighted by Crippen LogP contribution is -2.32. The summed E-state index contributed by atoms with van der Waals surface area (Å²) < 4.78 is 15.8. The molecule has 0 spiro atoms. The van der Waals surface area contributed by atoms with E-state index in [2.05, 4.69) is 5.32 Å². The van der Waals surface area contributed by atoms with Crippen LogP contribution in [0, 0.1) is 0 Å². The second-order valence-electron chi connectivity index (χ2n) is 6.62. The van der Waals surface area contributed by atoms with E-state index >= 15 is 0 Å². The third kappa shape index (κ3) is 5.50. The van der Waals surface area contributed by atoms with Gasteiger partial charge in [-0.1, -0.05) is 12.1 Å². The second-order valence-corrected chi connectivity index (χ2v) is 6.62. The first-order chi connectivity index (χ1) is 14.6. The number of carbonyl (C=O) groups excluding carboxylic acids is 3. The van der Waals surface area contributed by atoms with Crippen molar-refractivity contribution in [1.82, 2.24) is 5.32 Å². The zero-order valence-corrected chi connectivity index (χ0v) is 16.8. The van der Waals surface area contributed by atoms with Crippen molar-refractivity contribution in [3.05, 3.63) is 54.1 Å². The summed E-state index contributed by atoms with van der Waals surface area (Å²) in [6.07, 6.45) is 1.38. The van der Waals surface area contributed by atoms with E-state index in [0.717, 1.165) is 12.1 Å². The van der Waals surface area contributed by atoms with Crippen LogP contribution in [0.1, 0.15) is 23.2 Å². The number of ether oxygens (including phenoxy) is 3. The average molecular weight is 412 g/mol. The molecule has 1 saturated heterocycles. The number of anilines is 1. The Hall–Kier alpha value is -3.55. The molecule has 0 bridgehead atoms. The van der Waals surface area contributed by atoms with Crippen LogP contribution in [0.15, 0.2) is 48.5 Å². The topological polar surface area (TPSA) is 94.2 Å². The molecule has 8 nitrogen and oxygen atoms in total. The monoisotopic (exact) mass is 412 g/mol. The van der Waals surface area contributed by atoms with E-state index in [-0.39, 0.29) is 25.7 Å². The minimum absolute atomic E-state index is 0.0803. The van der Waals surface area contributed by atoms with Crippen molar-refractivity contribution in [2.75, 3.05) is 38.3 Å². The number of rotatable bonds is 9. The predicted octanol–water partition coefficient (Wildman–Crippen LogP) is 2.17. The maximum absolute atomic E-state index is 12.1. The summed E-state index contributed by atoms with van der Waals surface area (Å²) in [6.45, 7) is 0.799. The first kappa shape index (κ1) is 21.2. The summed E-state index contributed by atoms with van der Waals surface area (Å²) in [5.74, 6) is 0.246. The van der Waals surface area contributed by atoms with Gasteiger partial charge in [0.05, 0.1) is 19.2 Å². The second kappa shape index (κ2) is 10.3. The van der Waals surface area contributed by atoms with E-state index < -0.39 is 11.9 Å². The molecular formula is C22H24N2O6. The van der Waals surface area contributed by atoms with Crippen molar-refractivity contribution in [3.8, 4) is 11.5 Å². The van der Waals surface area contributed by atoms with E-state index in [1.54, 1.807) is 48.4 Å². The van der Waals surface area contributed by atoms with E-state index in [0.29, 0.717) is 30.0 Å². The third-order valence-electron chi connectivity index (χ3n) is 4.57. The molecule has 0 saturated carbocycles. The number of benzene rings is 2. The Morgan fingerprint density at radius 2 is 1.80 bits per heavy atom. The van der Waals surface area contributed by atoms with E-state index in [9.17, 15) is 14.4 Å². The lowest BCUT2D eigenvalue weighted by Gasteiger charge is -2.15. The van der Waals surface area contributed by atoms with Gasteiger partial charge < -0.3 is 24.4 Å². The molecular weight excluding hydrogens is 388 g/mol. The molecule has 1 fully saturated rings. The van der Waals surface area contributed by atoms with Crippen molar-refractivity contribution in [2.24, 2.45) is 0 Å². The van der Waals surface area contributed by atoms with Gasteiger partial charge in [-0.05, 0) is 42.8 Å². The van der Waals surface area contributed by atoms with Crippen LogP contribution in [-0.4, -0.2) is 51.2 Å². The summed E-state index contributed by atoms with van der Waals surface area (Å²) in [6, 6.07) is 13.8. The number of hydrogen-bond donors (Lipinski definition) is 1. The highest BCUT2D eigenvalue weighted by molar-refractivity contribution is 5.96. The third-order valence-corrected chi connectivity index (χ3v) is 4.57. The fourth-order valence-corrected chi connectivity index (χ4v) is 3.05. The molecule has 2 amide bonds. The normalized spacial score (nSPS) is 13.1. The quantitative estimate of drug-likeness (QED) is 0.501. The van der Waals surface area contributed by atoms with Crippen molar-refractivity contribution in [2.45, 2.75) is 12.8 Å². The summed E-state index contributed by atoms with van der Waals surface area (Å²) in [5, 5.41) is 2.62. The molecule has 0 radical (unpaired) electrons. The van der Waals surface area contributed by atoms with Crippen molar-refractivity contribution >= 4 is 23.5 Å². The van der Waals surface area contributed by atoms with Crippen LogP contribution in [-0.2, 0) is 14.3 Å².